The van der Waals surface area contributed by atoms with E-state index >= 15 is 0 Å². The highest BCUT2D eigenvalue weighted by atomic mass is 19.2. The number of benzene rings is 1. The van der Waals surface area contributed by atoms with Gasteiger partial charge in [0.25, 0.3) is 0 Å². The Morgan fingerprint density at radius 3 is 3.00 bits per heavy atom. The lowest BCUT2D eigenvalue weighted by molar-refractivity contribution is -0.0494. The fourth-order valence-corrected chi connectivity index (χ4v) is 3.46. The Hall–Kier alpha value is -1.75. The van der Waals surface area contributed by atoms with Gasteiger partial charge in [-0.15, -0.1) is 0 Å². The summed E-state index contributed by atoms with van der Waals surface area (Å²) < 4.78 is 35.3. The zero-order valence-corrected chi connectivity index (χ0v) is 10.9. The number of halogens is 2. The minimum absolute atomic E-state index is 0.517. The van der Waals surface area contributed by atoms with E-state index in [9.17, 15) is 8.78 Å². The maximum atomic E-state index is 13.7. The number of ether oxygens (including phenoxy) is 1. The zero-order valence-electron chi connectivity index (χ0n) is 10.9. The van der Waals surface area contributed by atoms with Gasteiger partial charge in [0, 0.05) is 6.54 Å². The first kappa shape index (κ1) is 12.0. The molecule has 3 heterocycles. The molecule has 0 bridgehead atoms. The number of aromatic nitrogens is 2. The summed E-state index contributed by atoms with van der Waals surface area (Å²) in [5, 5.41) is 0. The van der Waals surface area contributed by atoms with Crippen LogP contribution >= 0.6 is 0 Å². The molecular formula is C15H14F2N2O. The third-order valence-corrected chi connectivity index (χ3v) is 4.35. The molecule has 2 aliphatic rings. The average molecular weight is 276 g/mol. The Morgan fingerprint density at radius 2 is 2.10 bits per heavy atom. The van der Waals surface area contributed by atoms with Crippen LogP contribution in [-0.2, 0) is 23.3 Å². The van der Waals surface area contributed by atoms with E-state index in [1.54, 1.807) is 12.5 Å². The van der Waals surface area contributed by atoms with Crippen LogP contribution < -0.4 is 0 Å². The molecule has 20 heavy (non-hydrogen) atoms. The van der Waals surface area contributed by atoms with E-state index in [1.165, 1.54) is 12.1 Å². The van der Waals surface area contributed by atoms with Crippen molar-refractivity contribution in [3.63, 3.8) is 0 Å². The summed E-state index contributed by atoms with van der Waals surface area (Å²) in [6, 6.07) is 2.61. The van der Waals surface area contributed by atoms with Crippen LogP contribution in [-0.4, -0.2) is 16.2 Å². The summed E-state index contributed by atoms with van der Waals surface area (Å²) in [6.45, 7) is 1.41. The van der Waals surface area contributed by atoms with Gasteiger partial charge >= 0.3 is 0 Å². The summed E-state index contributed by atoms with van der Waals surface area (Å²) in [6.07, 6.45) is 5.87. The second-order valence-electron chi connectivity index (χ2n) is 5.42. The molecule has 3 nitrogen and oxygen atoms in total. The van der Waals surface area contributed by atoms with E-state index in [4.69, 9.17) is 4.74 Å². The monoisotopic (exact) mass is 276 g/mol. The predicted octanol–water partition coefficient (Wildman–Crippen LogP) is 2.77. The molecule has 1 unspecified atom stereocenters. The van der Waals surface area contributed by atoms with Crippen molar-refractivity contribution in [2.45, 2.75) is 31.4 Å². The summed E-state index contributed by atoms with van der Waals surface area (Å²) in [5.41, 5.74) is 1.86. The summed E-state index contributed by atoms with van der Waals surface area (Å²) in [4.78, 5) is 4.18. The first-order chi connectivity index (χ1) is 9.71. The molecule has 0 fully saturated rings. The molecule has 1 aromatic carbocycles. The van der Waals surface area contributed by atoms with Crippen LogP contribution in [0.15, 0.2) is 24.7 Å². The highest BCUT2D eigenvalue weighted by Crippen LogP contribution is 2.45. The lowest BCUT2D eigenvalue weighted by atomic mass is 9.79. The molecule has 2 aromatic rings. The number of hydrogen-bond acceptors (Lipinski definition) is 2. The molecule has 1 atom stereocenters. The van der Waals surface area contributed by atoms with Crippen molar-refractivity contribution in [3.8, 4) is 0 Å². The van der Waals surface area contributed by atoms with E-state index in [1.807, 2.05) is 4.57 Å². The van der Waals surface area contributed by atoms with Gasteiger partial charge in [0.05, 0.1) is 24.8 Å². The molecule has 0 amide bonds. The van der Waals surface area contributed by atoms with Gasteiger partial charge in [0.2, 0.25) is 0 Å². The van der Waals surface area contributed by atoms with E-state index < -0.39 is 17.2 Å². The number of imidazole rings is 1. The van der Waals surface area contributed by atoms with Crippen LogP contribution in [0.5, 0.6) is 0 Å². The van der Waals surface area contributed by atoms with Gasteiger partial charge in [-0.25, -0.2) is 13.8 Å². The average Bonchev–Trinajstić information content (AvgIpc) is 2.91. The predicted molar refractivity (Wildman–Crippen MR) is 68.3 cm³/mol. The first-order valence-electron chi connectivity index (χ1n) is 6.84. The van der Waals surface area contributed by atoms with Crippen LogP contribution in [0.4, 0.5) is 8.78 Å². The summed E-state index contributed by atoms with van der Waals surface area (Å²) in [7, 11) is 0. The minimum atomic E-state index is -0.815. The van der Waals surface area contributed by atoms with E-state index in [0.717, 1.165) is 36.2 Å². The van der Waals surface area contributed by atoms with Crippen molar-refractivity contribution in [2.24, 2.45) is 0 Å². The minimum Gasteiger partial charge on any atom is -0.364 e. The molecule has 0 saturated carbocycles. The Bertz CT molecular complexity index is 679. The molecule has 0 N–H and O–H groups in total. The smallest absolute Gasteiger partial charge is 0.159 e. The van der Waals surface area contributed by atoms with E-state index in [2.05, 4.69) is 4.98 Å². The fraction of sp³-hybridized carbons (Fsp3) is 0.400. The molecule has 0 aliphatic carbocycles. The van der Waals surface area contributed by atoms with Crippen LogP contribution in [0.25, 0.3) is 0 Å². The van der Waals surface area contributed by atoms with Gasteiger partial charge in [0.1, 0.15) is 5.60 Å². The normalized spacial score (nSPS) is 24.5. The lowest BCUT2D eigenvalue weighted by Gasteiger charge is -2.42. The van der Waals surface area contributed by atoms with Crippen molar-refractivity contribution in [1.82, 2.24) is 9.55 Å². The molecule has 2 aliphatic heterocycles. The second kappa shape index (κ2) is 4.12. The van der Waals surface area contributed by atoms with E-state index in [0.29, 0.717) is 13.0 Å². The van der Waals surface area contributed by atoms with Gasteiger partial charge in [-0.1, -0.05) is 0 Å². The second-order valence-corrected chi connectivity index (χ2v) is 5.42. The number of rotatable bonds is 0. The number of aryl methyl sites for hydroxylation is 1. The Kier molecular flexibility index (Phi) is 2.48. The van der Waals surface area contributed by atoms with Crippen molar-refractivity contribution in [1.29, 1.82) is 0 Å². The molecule has 0 radical (unpaired) electrons. The van der Waals surface area contributed by atoms with E-state index in [-0.39, 0.29) is 0 Å². The van der Waals surface area contributed by atoms with Crippen molar-refractivity contribution >= 4 is 0 Å². The summed E-state index contributed by atoms with van der Waals surface area (Å²) in [5.74, 6) is -1.60. The highest BCUT2D eigenvalue weighted by molar-refractivity contribution is 5.42. The maximum absolute atomic E-state index is 13.7. The van der Waals surface area contributed by atoms with Gasteiger partial charge in [-0.05, 0) is 42.5 Å². The topological polar surface area (TPSA) is 27.1 Å². The molecule has 1 spiro atoms. The SMILES string of the molecule is Fc1cc2c(cc1F)C1(CCCn3cncc31)OCC2. The van der Waals surface area contributed by atoms with Crippen LogP contribution in [0.3, 0.4) is 0 Å². The van der Waals surface area contributed by atoms with Crippen LogP contribution in [0, 0.1) is 11.6 Å². The third kappa shape index (κ3) is 1.50. The number of nitrogens with zero attached hydrogens (tertiary/aromatic N) is 2. The molecule has 0 saturated heterocycles. The first-order valence-corrected chi connectivity index (χ1v) is 6.84. The third-order valence-electron chi connectivity index (χ3n) is 4.35. The van der Waals surface area contributed by atoms with Crippen molar-refractivity contribution < 1.29 is 13.5 Å². The van der Waals surface area contributed by atoms with Gasteiger partial charge < -0.3 is 9.30 Å². The highest BCUT2D eigenvalue weighted by Gasteiger charge is 2.44. The Labute approximate surface area is 115 Å². The lowest BCUT2D eigenvalue weighted by Crippen LogP contribution is -2.41. The number of hydrogen-bond donors (Lipinski definition) is 0. The zero-order chi connectivity index (χ0) is 13.7. The summed E-state index contributed by atoms with van der Waals surface area (Å²) >= 11 is 0. The Morgan fingerprint density at radius 1 is 1.25 bits per heavy atom. The van der Waals surface area contributed by atoms with Crippen molar-refractivity contribution in [2.75, 3.05) is 6.61 Å². The largest absolute Gasteiger partial charge is 0.364 e. The van der Waals surface area contributed by atoms with Crippen LogP contribution in [0.2, 0.25) is 0 Å². The van der Waals surface area contributed by atoms with Crippen molar-refractivity contribution in [3.05, 3.63) is 53.1 Å². The maximum Gasteiger partial charge on any atom is 0.159 e. The standard InChI is InChI=1S/C15H14F2N2O/c16-12-6-10-2-5-20-15(11(10)7-13(12)17)3-1-4-19-9-18-8-14(15)19/h6-9H,1-5H2. The van der Waals surface area contributed by atoms with Gasteiger partial charge in [-0.3, -0.25) is 0 Å². The Balaban J connectivity index is 1.97. The van der Waals surface area contributed by atoms with Gasteiger partial charge in [0.15, 0.2) is 11.6 Å². The molecule has 1 aromatic heterocycles. The molecule has 4 rings (SSSR count). The van der Waals surface area contributed by atoms with Crippen LogP contribution in [0.1, 0.15) is 29.7 Å². The molecule has 104 valence electrons. The molecule has 5 heteroatoms. The van der Waals surface area contributed by atoms with Gasteiger partial charge in [-0.2, -0.15) is 0 Å². The quantitative estimate of drug-likeness (QED) is 0.740. The number of fused-ring (bicyclic) bond motifs is 4. The molecular weight excluding hydrogens is 262 g/mol. The fourth-order valence-electron chi connectivity index (χ4n) is 3.46.